The molecule has 0 saturated heterocycles. The van der Waals surface area contributed by atoms with Crippen LogP contribution in [0.5, 0.6) is 0 Å². The quantitative estimate of drug-likeness (QED) is 0.527. The minimum absolute atomic E-state index is 0.0372. The average molecular weight is 388 g/mol. The molecule has 6 nitrogen and oxygen atoms in total. The molecule has 0 fully saturated rings. The summed E-state index contributed by atoms with van der Waals surface area (Å²) in [7, 11) is 1.73. The van der Waals surface area contributed by atoms with E-state index in [4.69, 9.17) is 11.6 Å². The lowest BCUT2D eigenvalue weighted by molar-refractivity contribution is 0.264. The Morgan fingerprint density at radius 3 is 2.77 bits per heavy atom. The van der Waals surface area contributed by atoms with E-state index in [9.17, 15) is 4.79 Å². The number of aryl methyl sites for hydroxylation is 1. The van der Waals surface area contributed by atoms with Gasteiger partial charge in [0.15, 0.2) is 5.82 Å². The minimum Gasteiger partial charge on any atom is -0.292 e. The monoisotopic (exact) mass is 387 g/mol. The second-order valence-electron chi connectivity index (χ2n) is 6.15. The van der Waals surface area contributed by atoms with Crippen molar-refractivity contribution >= 4 is 38.9 Å². The third kappa shape index (κ3) is 2.82. The Hall–Kier alpha value is -2.22. The van der Waals surface area contributed by atoms with E-state index < -0.39 is 0 Å². The molecule has 0 N–H and O–H groups in total. The first-order valence-corrected chi connectivity index (χ1v) is 9.62. The summed E-state index contributed by atoms with van der Waals surface area (Å²) in [6.45, 7) is 4.30. The molecule has 1 aromatic carbocycles. The lowest BCUT2D eigenvalue weighted by Crippen LogP contribution is -2.24. The Bertz CT molecular complexity index is 1150. The number of nitrogens with zero attached hydrogens (tertiary/aromatic N) is 5. The van der Waals surface area contributed by atoms with E-state index >= 15 is 0 Å². The van der Waals surface area contributed by atoms with E-state index in [1.807, 2.05) is 40.1 Å². The third-order valence-corrected chi connectivity index (χ3v) is 5.82. The van der Waals surface area contributed by atoms with Gasteiger partial charge in [-0.25, -0.2) is 0 Å². The largest absolute Gasteiger partial charge is 0.292 e. The van der Waals surface area contributed by atoms with Crippen molar-refractivity contribution in [2.45, 2.75) is 20.0 Å². The Kier molecular flexibility index (Phi) is 4.52. The van der Waals surface area contributed by atoms with Crippen molar-refractivity contribution in [2.75, 3.05) is 6.54 Å². The Morgan fingerprint density at radius 2 is 2.00 bits per heavy atom. The van der Waals surface area contributed by atoms with E-state index in [2.05, 4.69) is 22.0 Å². The van der Waals surface area contributed by atoms with Gasteiger partial charge in [-0.1, -0.05) is 36.7 Å². The summed E-state index contributed by atoms with van der Waals surface area (Å²) < 4.78 is 4.25. The minimum atomic E-state index is -0.0372. The standard InChI is InChI=1S/C18H18ClN5OS/c1-3-23(10-12-6-4-5-7-13(12)19)11-15-20-21-18-22(2)17(25)16-14(24(15)18)8-9-26-16/h4-9H,3,10-11H2,1-2H3. The molecule has 0 atom stereocenters. The molecule has 3 aromatic heterocycles. The van der Waals surface area contributed by atoms with Crippen molar-refractivity contribution in [3.63, 3.8) is 0 Å². The predicted octanol–water partition coefficient (Wildman–Crippen LogP) is 3.32. The highest BCUT2D eigenvalue weighted by Crippen LogP contribution is 2.21. The summed E-state index contributed by atoms with van der Waals surface area (Å²) in [5.41, 5.74) is 1.91. The van der Waals surface area contributed by atoms with Crippen molar-refractivity contribution in [3.8, 4) is 0 Å². The van der Waals surface area contributed by atoms with Crippen LogP contribution in [-0.4, -0.2) is 30.6 Å². The summed E-state index contributed by atoms with van der Waals surface area (Å²) in [6, 6.07) is 9.81. The first kappa shape index (κ1) is 17.2. The van der Waals surface area contributed by atoms with Crippen LogP contribution in [0.4, 0.5) is 0 Å². The van der Waals surface area contributed by atoms with E-state index in [0.717, 1.165) is 39.7 Å². The van der Waals surface area contributed by atoms with Gasteiger partial charge in [-0.2, -0.15) is 0 Å². The van der Waals surface area contributed by atoms with Gasteiger partial charge in [-0.3, -0.25) is 18.7 Å². The van der Waals surface area contributed by atoms with Crippen LogP contribution in [0.15, 0.2) is 40.5 Å². The molecule has 0 unspecified atom stereocenters. The van der Waals surface area contributed by atoms with Crippen LogP contribution in [0.25, 0.3) is 16.0 Å². The molecule has 0 aliphatic rings. The second-order valence-corrected chi connectivity index (χ2v) is 7.47. The maximum atomic E-state index is 12.4. The molecule has 26 heavy (non-hydrogen) atoms. The highest BCUT2D eigenvalue weighted by atomic mass is 35.5. The topological polar surface area (TPSA) is 55.4 Å². The summed E-state index contributed by atoms with van der Waals surface area (Å²) in [6.07, 6.45) is 0. The number of benzene rings is 1. The molecule has 0 aliphatic carbocycles. The molecular formula is C18H18ClN5OS. The lowest BCUT2D eigenvalue weighted by atomic mass is 10.2. The van der Waals surface area contributed by atoms with Crippen LogP contribution in [0.3, 0.4) is 0 Å². The highest BCUT2D eigenvalue weighted by Gasteiger charge is 2.17. The van der Waals surface area contributed by atoms with Gasteiger partial charge in [0.1, 0.15) is 4.70 Å². The van der Waals surface area contributed by atoms with Gasteiger partial charge < -0.3 is 0 Å². The van der Waals surface area contributed by atoms with Crippen LogP contribution in [-0.2, 0) is 20.1 Å². The summed E-state index contributed by atoms with van der Waals surface area (Å²) in [5, 5.41) is 11.3. The number of halogens is 1. The number of hydrogen-bond donors (Lipinski definition) is 0. The van der Waals surface area contributed by atoms with E-state index in [-0.39, 0.29) is 5.56 Å². The zero-order chi connectivity index (χ0) is 18.3. The van der Waals surface area contributed by atoms with Crippen molar-refractivity contribution in [3.05, 3.63) is 62.5 Å². The molecule has 0 amide bonds. The Labute approximate surface area is 159 Å². The molecule has 0 saturated carbocycles. The van der Waals surface area contributed by atoms with E-state index in [1.165, 1.54) is 11.3 Å². The van der Waals surface area contributed by atoms with Crippen molar-refractivity contribution in [1.82, 2.24) is 24.1 Å². The van der Waals surface area contributed by atoms with Crippen LogP contribution in [0, 0.1) is 0 Å². The van der Waals surface area contributed by atoms with E-state index in [1.54, 1.807) is 11.6 Å². The molecule has 3 heterocycles. The number of hydrogen-bond acceptors (Lipinski definition) is 5. The Morgan fingerprint density at radius 1 is 1.19 bits per heavy atom. The van der Waals surface area contributed by atoms with Crippen LogP contribution >= 0.6 is 22.9 Å². The normalized spacial score (nSPS) is 11.8. The molecule has 0 radical (unpaired) electrons. The summed E-state index contributed by atoms with van der Waals surface area (Å²) in [4.78, 5) is 14.7. The van der Waals surface area contributed by atoms with E-state index in [0.29, 0.717) is 12.3 Å². The highest BCUT2D eigenvalue weighted by molar-refractivity contribution is 7.17. The first-order valence-electron chi connectivity index (χ1n) is 8.36. The molecule has 0 aliphatic heterocycles. The maximum Gasteiger partial charge on any atom is 0.272 e. The van der Waals surface area contributed by atoms with Gasteiger partial charge in [0.2, 0.25) is 5.78 Å². The molecule has 4 aromatic rings. The second kappa shape index (κ2) is 6.83. The zero-order valence-electron chi connectivity index (χ0n) is 14.5. The number of rotatable bonds is 5. The van der Waals surface area contributed by atoms with Gasteiger partial charge in [-0.15, -0.1) is 21.5 Å². The van der Waals surface area contributed by atoms with Gasteiger partial charge in [0.25, 0.3) is 5.56 Å². The molecule has 4 rings (SSSR count). The lowest BCUT2D eigenvalue weighted by Gasteiger charge is -2.20. The fraction of sp³-hybridized carbons (Fsp3) is 0.278. The van der Waals surface area contributed by atoms with Crippen LogP contribution < -0.4 is 5.56 Å². The number of thiophene rings is 1. The Balaban J connectivity index is 1.75. The number of aromatic nitrogens is 4. The predicted molar refractivity (Wildman–Crippen MR) is 105 cm³/mol. The first-order chi connectivity index (χ1) is 12.6. The molecule has 8 heteroatoms. The fourth-order valence-electron chi connectivity index (χ4n) is 3.10. The third-order valence-electron chi connectivity index (χ3n) is 4.56. The fourth-order valence-corrected chi connectivity index (χ4v) is 4.15. The van der Waals surface area contributed by atoms with Gasteiger partial charge in [-0.05, 0) is 29.6 Å². The molecule has 0 bridgehead atoms. The smallest absolute Gasteiger partial charge is 0.272 e. The molecule has 134 valence electrons. The average Bonchev–Trinajstić information content (AvgIpc) is 3.27. The zero-order valence-corrected chi connectivity index (χ0v) is 16.1. The summed E-state index contributed by atoms with van der Waals surface area (Å²) >= 11 is 7.75. The van der Waals surface area contributed by atoms with Gasteiger partial charge in [0.05, 0.1) is 12.1 Å². The SMILES string of the molecule is CCN(Cc1ccccc1Cl)Cc1nnc2n(C)c(=O)c3sccc3n12. The van der Waals surface area contributed by atoms with Crippen molar-refractivity contribution < 1.29 is 0 Å². The van der Waals surface area contributed by atoms with Crippen LogP contribution in [0.2, 0.25) is 5.02 Å². The van der Waals surface area contributed by atoms with Gasteiger partial charge >= 0.3 is 0 Å². The number of fused-ring (bicyclic) bond motifs is 3. The van der Waals surface area contributed by atoms with Gasteiger partial charge in [0, 0.05) is 18.6 Å². The maximum absolute atomic E-state index is 12.4. The molecule has 0 spiro atoms. The van der Waals surface area contributed by atoms with Crippen molar-refractivity contribution in [1.29, 1.82) is 0 Å². The van der Waals surface area contributed by atoms with Crippen molar-refractivity contribution in [2.24, 2.45) is 7.05 Å². The molecular weight excluding hydrogens is 370 g/mol. The summed E-state index contributed by atoms with van der Waals surface area (Å²) in [5.74, 6) is 1.37. The van der Waals surface area contributed by atoms with Crippen LogP contribution in [0.1, 0.15) is 18.3 Å².